The van der Waals surface area contributed by atoms with Crippen LogP contribution in [0.3, 0.4) is 0 Å². The Hall–Kier alpha value is -6.14. The Labute approximate surface area is 278 Å². The summed E-state index contributed by atoms with van der Waals surface area (Å²) in [6.07, 6.45) is -7.90. The summed E-state index contributed by atoms with van der Waals surface area (Å²) in [7, 11) is 1.43. The number of nitrogen functional groups attached to an aromatic ring is 1. The Morgan fingerprint density at radius 2 is 1.50 bits per heavy atom. The number of amides is 1. The first-order valence-electron chi connectivity index (χ1n) is 13.8. The Balaban J connectivity index is 0.000000521. The average Bonchev–Trinajstić information content (AvgIpc) is 3.54. The molecule has 1 unspecified atom stereocenters. The average molecular weight is 715 g/mol. The number of benzene rings is 3. The van der Waals surface area contributed by atoms with Gasteiger partial charge < -0.3 is 36.7 Å². The smallest absolute Gasteiger partial charge is 0.490 e. The third-order valence-electron chi connectivity index (χ3n) is 6.41. The number of aromatic amines is 1. The molecule has 1 amide bonds. The minimum absolute atomic E-state index is 0.0479. The highest BCUT2D eigenvalue weighted by Gasteiger charge is 2.39. The Morgan fingerprint density at radius 1 is 0.960 bits per heavy atom. The minimum Gasteiger partial charge on any atom is -0.494 e. The maximum Gasteiger partial charge on any atom is 0.490 e. The molecule has 0 aliphatic heterocycles. The second-order valence-corrected chi connectivity index (χ2v) is 9.82. The molecule has 0 bridgehead atoms. The molecule has 0 aliphatic carbocycles. The molecule has 0 saturated carbocycles. The fourth-order valence-electron chi connectivity index (χ4n) is 4.00. The Kier molecular flexibility index (Phi) is 13.5. The van der Waals surface area contributed by atoms with Crippen LogP contribution >= 0.6 is 0 Å². The minimum atomic E-state index is -5.08. The van der Waals surface area contributed by atoms with E-state index in [0.717, 1.165) is 5.56 Å². The van der Waals surface area contributed by atoms with E-state index < -0.39 is 42.1 Å². The number of imidazole rings is 1. The number of carbonyl (C=O) groups excluding carboxylic acids is 1. The first kappa shape index (κ1) is 40.0. The van der Waals surface area contributed by atoms with Gasteiger partial charge in [-0.05, 0) is 48.4 Å². The largest absolute Gasteiger partial charge is 0.494 e. The number of ether oxygens (including phenoxy) is 1. The molecule has 19 heteroatoms. The van der Waals surface area contributed by atoms with Crippen molar-refractivity contribution in [1.29, 1.82) is 5.41 Å². The third kappa shape index (κ3) is 11.0. The molecule has 9 N–H and O–H groups in total. The molecular weight excluding hydrogens is 685 g/mol. The zero-order valence-corrected chi connectivity index (χ0v) is 25.9. The van der Waals surface area contributed by atoms with Crippen LogP contribution in [-0.2, 0) is 16.0 Å². The monoisotopic (exact) mass is 714 g/mol. The van der Waals surface area contributed by atoms with Crippen molar-refractivity contribution in [3.63, 3.8) is 0 Å². The molecule has 1 aromatic heterocycles. The number of methoxy groups -OCH3 is 1. The number of hydrogen-bond donors (Lipinski definition) is 7. The molecule has 50 heavy (non-hydrogen) atoms. The van der Waals surface area contributed by atoms with E-state index in [1.165, 1.54) is 7.11 Å². The van der Waals surface area contributed by atoms with Gasteiger partial charge in [-0.1, -0.05) is 31.2 Å². The summed E-state index contributed by atoms with van der Waals surface area (Å²) in [6, 6.07) is 16.6. The zero-order chi connectivity index (χ0) is 38.0. The van der Waals surface area contributed by atoms with Gasteiger partial charge in [-0.15, -0.1) is 0 Å². The number of hydrogen-bond acceptors (Lipinski definition) is 7. The number of halogens is 7. The van der Waals surface area contributed by atoms with Crippen LogP contribution < -0.4 is 21.5 Å². The van der Waals surface area contributed by atoms with Crippen molar-refractivity contribution in [2.75, 3.05) is 12.4 Å². The van der Waals surface area contributed by atoms with Crippen LogP contribution in [-0.4, -0.2) is 63.3 Å². The summed E-state index contributed by atoms with van der Waals surface area (Å²) >= 11 is 0. The van der Waals surface area contributed by atoms with E-state index in [1.54, 1.807) is 66.9 Å². The number of rotatable bonds is 9. The number of carboxylic acids is 2. The second kappa shape index (κ2) is 16.8. The Morgan fingerprint density at radius 3 is 1.96 bits per heavy atom. The summed E-state index contributed by atoms with van der Waals surface area (Å²) in [4.78, 5) is 37.5. The SMILES string of the molecule is CCc1cc(OC)c(F)c(C(Nc2ccc(C(=N)N)cc2)c2ncc(-c3ccccc3C(N)=O)[nH]2)c1.O=C(O)C(F)(F)F.O=C(O)C(F)(F)F. The third-order valence-corrected chi connectivity index (χ3v) is 6.41. The number of amidine groups is 1. The number of primary amides is 1. The summed E-state index contributed by atoms with van der Waals surface area (Å²) in [6.45, 7) is 1.98. The molecule has 0 radical (unpaired) electrons. The number of aryl methyl sites for hydroxylation is 1. The maximum atomic E-state index is 15.6. The molecule has 1 atom stereocenters. The van der Waals surface area contributed by atoms with E-state index in [4.69, 9.17) is 41.4 Å². The fraction of sp³-hybridized carbons (Fsp3) is 0.194. The molecule has 3 aromatic carbocycles. The highest BCUT2D eigenvalue weighted by atomic mass is 19.4. The van der Waals surface area contributed by atoms with Crippen molar-refractivity contribution in [2.24, 2.45) is 11.5 Å². The van der Waals surface area contributed by atoms with E-state index in [2.05, 4.69) is 15.3 Å². The van der Waals surface area contributed by atoms with Crippen LogP contribution in [0.4, 0.5) is 36.4 Å². The topological polar surface area (TPSA) is 217 Å². The number of carboxylic acid groups (broad SMARTS) is 2. The second-order valence-electron chi connectivity index (χ2n) is 9.82. The lowest BCUT2D eigenvalue weighted by Gasteiger charge is -2.21. The molecule has 0 aliphatic rings. The van der Waals surface area contributed by atoms with Crippen LogP contribution in [0.25, 0.3) is 11.3 Å². The van der Waals surface area contributed by atoms with Crippen molar-refractivity contribution in [3.8, 4) is 17.0 Å². The first-order valence-corrected chi connectivity index (χ1v) is 13.8. The van der Waals surface area contributed by atoms with Crippen molar-refractivity contribution < 1.29 is 60.1 Å². The lowest BCUT2D eigenvalue weighted by atomic mass is 10.00. The number of alkyl halides is 6. The van der Waals surface area contributed by atoms with Crippen molar-refractivity contribution in [2.45, 2.75) is 31.7 Å². The molecule has 4 aromatic rings. The van der Waals surface area contributed by atoms with Gasteiger partial charge in [0, 0.05) is 27.9 Å². The van der Waals surface area contributed by atoms with E-state index in [0.29, 0.717) is 45.9 Å². The quantitative estimate of drug-likeness (QED) is 0.0648. The van der Waals surface area contributed by atoms with Crippen LogP contribution in [0.5, 0.6) is 5.75 Å². The number of nitrogens with two attached hydrogens (primary N) is 2. The van der Waals surface area contributed by atoms with E-state index in [9.17, 15) is 31.1 Å². The number of aromatic nitrogens is 2. The highest BCUT2D eigenvalue weighted by molar-refractivity contribution is 5.99. The van der Waals surface area contributed by atoms with Crippen molar-refractivity contribution >= 4 is 29.4 Å². The van der Waals surface area contributed by atoms with Gasteiger partial charge in [0.1, 0.15) is 17.7 Å². The summed E-state index contributed by atoms with van der Waals surface area (Å²) in [5, 5.41) is 25.2. The summed E-state index contributed by atoms with van der Waals surface area (Å²) in [5.74, 6) is -6.08. The lowest BCUT2D eigenvalue weighted by molar-refractivity contribution is -0.193. The molecule has 4 rings (SSSR count). The first-order chi connectivity index (χ1) is 23.2. The summed E-state index contributed by atoms with van der Waals surface area (Å²) < 4.78 is 84.4. The van der Waals surface area contributed by atoms with Gasteiger partial charge in [0.15, 0.2) is 11.6 Å². The number of carbonyl (C=O) groups is 3. The Bertz CT molecular complexity index is 1800. The van der Waals surface area contributed by atoms with Gasteiger partial charge in [-0.3, -0.25) is 10.2 Å². The fourth-order valence-corrected chi connectivity index (χ4v) is 4.00. The normalized spacial score (nSPS) is 11.5. The van der Waals surface area contributed by atoms with E-state index in [1.807, 2.05) is 6.92 Å². The van der Waals surface area contributed by atoms with Crippen LogP contribution in [0.15, 0.2) is 66.9 Å². The molecule has 0 spiro atoms. The molecule has 0 saturated heterocycles. The van der Waals surface area contributed by atoms with Crippen LogP contribution in [0.1, 0.15) is 45.8 Å². The number of nitrogens with zero attached hydrogens (tertiary/aromatic N) is 1. The molecular formula is C31H29F7N6O6. The molecule has 0 fully saturated rings. The van der Waals surface area contributed by atoms with Gasteiger partial charge >= 0.3 is 24.3 Å². The van der Waals surface area contributed by atoms with Crippen molar-refractivity contribution in [1.82, 2.24) is 9.97 Å². The van der Waals surface area contributed by atoms with Gasteiger partial charge in [-0.25, -0.2) is 19.0 Å². The van der Waals surface area contributed by atoms with Gasteiger partial charge in [0.25, 0.3) is 0 Å². The highest BCUT2D eigenvalue weighted by Crippen LogP contribution is 2.34. The van der Waals surface area contributed by atoms with Crippen LogP contribution in [0.2, 0.25) is 0 Å². The van der Waals surface area contributed by atoms with Gasteiger partial charge in [0.2, 0.25) is 5.91 Å². The van der Waals surface area contributed by atoms with Crippen LogP contribution in [0, 0.1) is 11.2 Å². The zero-order valence-electron chi connectivity index (χ0n) is 25.9. The summed E-state index contributed by atoms with van der Waals surface area (Å²) in [5.41, 5.74) is 15.1. The molecule has 12 nitrogen and oxygen atoms in total. The van der Waals surface area contributed by atoms with E-state index in [-0.39, 0.29) is 11.6 Å². The molecule has 1 heterocycles. The lowest BCUT2D eigenvalue weighted by Crippen LogP contribution is -2.21. The van der Waals surface area contributed by atoms with E-state index >= 15 is 4.39 Å². The number of aliphatic carboxylic acids is 2. The number of H-pyrrole nitrogens is 1. The van der Waals surface area contributed by atoms with Gasteiger partial charge in [0.05, 0.1) is 19.0 Å². The predicted octanol–water partition coefficient (Wildman–Crippen LogP) is 5.64. The van der Waals surface area contributed by atoms with Gasteiger partial charge in [-0.2, -0.15) is 26.3 Å². The predicted molar refractivity (Wildman–Crippen MR) is 165 cm³/mol. The molecule has 268 valence electrons. The standard InChI is InChI=1S/C27H27FN6O2.2C2HF3O2/c1-3-15-12-20(23(28)22(13-15)36-2)24(33-17-10-8-16(9-11-17)25(29)30)27-32-14-21(34-27)18-6-4-5-7-19(18)26(31)35;2*3-2(4,5)1(6)7/h4-14,24,33H,3H2,1-2H3,(H3,29,30)(H2,31,35)(H,32,34);2*(H,6,7). The number of anilines is 1. The number of nitrogens with one attached hydrogen (secondary N) is 3. The maximum absolute atomic E-state index is 15.6. The van der Waals surface area contributed by atoms with Crippen molar-refractivity contribution in [3.05, 3.63) is 101 Å².